The van der Waals surface area contributed by atoms with Crippen molar-refractivity contribution in [1.29, 1.82) is 0 Å². The fourth-order valence-electron chi connectivity index (χ4n) is 6.21. The molecule has 0 saturated carbocycles. The van der Waals surface area contributed by atoms with Crippen LogP contribution in [0.5, 0.6) is 5.75 Å². The molecule has 1 fully saturated rings. The van der Waals surface area contributed by atoms with Gasteiger partial charge in [0.15, 0.2) is 0 Å². The molecule has 2 atom stereocenters. The highest BCUT2D eigenvalue weighted by atomic mass is 19.4. The van der Waals surface area contributed by atoms with E-state index >= 15 is 0 Å². The molecule has 1 aliphatic carbocycles. The number of carbonyl (C=O) groups is 2. The van der Waals surface area contributed by atoms with Gasteiger partial charge >= 0.3 is 24.6 Å². The molecule has 2 aromatic carbocycles. The summed E-state index contributed by atoms with van der Waals surface area (Å²) in [5, 5.41) is 12.8. The molecule has 0 bridgehead atoms. The molecule has 16 heteroatoms. The predicted octanol–water partition coefficient (Wildman–Crippen LogP) is 8.77. The fourth-order valence-corrected chi connectivity index (χ4v) is 6.21. The van der Waals surface area contributed by atoms with Crippen LogP contribution in [0.15, 0.2) is 71.5 Å². The van der Waals surface area contributed by atoms with Crippen molar-refractivity contribution in [2.45, 2.75) is 95.6 Å². The average molecular weight is 751 g/mol. The number of ether oxygens (including phenoxy) is 2. The average Bonchev–Trinajstić information content (AvgIpc) is 3.26. The third kappa shape index (κ3) is 8.53. The number of hydrogen-bond donors (Lipinski definition) is 2. The van der Waals surface area contributed by atoms with Gasteiger partial charge in [0.05, 0.1) is 18.3 Å². The van der Waals surface area contributed by atoms with Gasteiger partial charge in [-0.1, -0.05) is 37.3 Å². The summed E-state index contributed by atoms with van der Waals surface area (Å²) < 4.78 is 133. The van der Waals surface area contributed by atoms with E-state index in [-0.39, 0.29) is 56.3 Å². The van der Waals surface area contributed by atoms with E-state index in [1.54, 1.807) is 31.2 Å². The predicted molar refractivity (Wildman–Crippen MR) is 171 cm³/mol. The number of amides is 3. The van der Waals surface area contributed by atoms with Crippen molar-refractivity contribution in [1.82, 2.24) is 10.2 Å². The van der Waals surface area contributed by atoms with Crippen LogP contribution >= 0.6 is 0 Å². The van der Waals surface area contributed by atoms with Crippen LogP contribution in [0.25, 0.3) is 0 Å². The molecule has 1 aliphatic heterocycles. The fraction of sp³-hybridized carbons (Fsp3) is 0.500. The minimum absolute atomic E-state index is 0.0121. The van der Waals surface area contributed by atoms with E-state index < -0.39 is 65.1 Å². The number of nitrogens with one attached hydrogen (secondary N) is 1. The molecule has 2 aromatic rings. The number of aryl methyl sites for hydroxylation is 1. The first kappa shape index (κ1) is 40.6. The van der Waals surface area contributed by atoms with Crippen LogP contribution in [0.1, 0.15) is 70.1 Å². The lowest BCUT2D eigenvalue weighted by atomic mass is 9.78. The van der Waals surface area contributed by atoms with Gasteiger partial charge in [-0.15, -0.1) is 0 Å². The maximum Gasteiger partial charge on any atom is 0.430 e. The smallest absolute Gasteiger partial charge is 0.430 e. The summed E-state index contributed by atoms with van der Waals surface area (Å²) in [6, 6.07) is 10.0. The Balaban J connectivity index is 1.48. The van der Waals surface area contributed by atoms with E-state index in [1.165, 1.54) is 6.92 Å². The summed E-state index contributed by atoms with van der Waals surface area (Å²) in [5.41, 5.74) is -7.97. The topological polar surface area (TPSA) is 88.1 Å². The van der Waals surface area contributed by atoms with Gasteiger partial charge in [0.2, 0.25) is 0 Å². The molecule has 0 spiro atoms. The highest BCUT2D eigenvalue weighted by molar-refractivity contribution is 6.07. The SMILES string of the molecule is CC(C)Oc1ccc(C2(C)NC(=O)N(CCCCOC3=C(CCc4ccc(C(F)(F)F)cc4)C=C(C(O)(C(F)(F)F)C(F)(F)F)CC3C)C2=O)cc1. The first-order valence-electron chi connectivity index (χ1n) is 16.5. The molecular weight excluding hydrogens is 711 g/mol. The van der Waals surface area contributed by atoms with E-state index in [0.29, 0.717) is 23.0 Å². The highest BCUT2D eigenvalue weighted by Gasteiger charge is 2.72. The highest BCUT2D eigenvalue weighted by Crippen LogP contribution is 2.51. The molecule has 1 heterocycles. The van der Waals surface area contributed by atoms with Crippen LogP contribution in [-0.2, 0) is 27.7 Å². The summed E-state index contributed by atoms with van der Waals surface area (Å²) in [6.07, 6.45) is -16.9. The van der Waals surface area contributed by atoms with Crippen molar-refractivity contribution in [2.24, 2.45) is 5.92 Å². The van der Waals surface area contributed by atoms with Gasteiger partial charge in [-0.3, -0.25) is 9.69 Å². The Morgan fingerprint density at radius 1 is 0.904 bits per heavy atom. The minimum Gasteiger partial charge on any atom is -0.497 e. The lowest BCUT2D eigenvalue weighted by Crippen LogP contribution is -2.58. The van der Waals surface area contributed by atoms with E-state index in [0.717, 1.165) is 29.2 Å². The molecule has 4 rings (SSSR count). The van der Waals surface area contributed by atoms with Gasteiger partial charge in [-0.05, 0) is 99.4 Å². The summed E-state index contributed by atoms with van der Waals surface area (Å²) in [4.78, 5) is 27.2. The zero-order valence-corrected chi connectivity index (χ0v) is 28.7. The first-order valence-corrected chi connectivity index (χ1v) is 16.5. The van der Waals surface area contributed by atoms with E-state index in [2.05, 4.69) is 5.32 Å². The van der Waals surface area contributed by atoms with Crippen LogP contribution in [0.3, 0.4) is 0 Å². The van der Waals surface area contributed by atoms with Crippen molar-refractivity contribution in [3.63, 3.8) is 0 Å². The zero-order valence-electron chi connectivity index (χ0n) is 28.7. The number of allylic oxidation sites excluding steroid dienone is 3. The second-order valence-electron chi connectivity index (χ2n) is 13.3. The van der Waals surface area contributed by atoms with Crippen molar-refractivity contribution in [3.8, 4) is 5.75 Å². The molecule has 52 heavy (non-hydrogen) atoms. The van der Waals surface area contributed by atoms with Gasteiger partial charge < -0.3 is 19.9 Å². The Kier molecular flexibility index (Phi) is 11.7. The Hall–Kier alpha value is -4.21. The molecule has 0 radical (unpaired) electrons. The largest absolute Gasteiger partial charge is 0.497 e. The molecule has 7 nitrogen and oxygen atoms in total. The normalized spacial score (nSPS) is 20.4. The second kappa shape index (κ2) is 15.0. The number of hydrogen-bond acceptors (Lipinski definition) is 5. The monoisotopic (exact) mass is 750 g/mol. The number of nitrogens with zero attached hydrogens (tertiary/aromatic N) is 1. The number of urea groups is 1. The first-order chi connectivity index (χ1) is 24.0. The number of carbonyl (C=O) groups excluding carboxylic acids is 2. The number of rotatable bonds is 13. The van der Waals surface area contributed by atoms with Crippen LogP contribution < -0.4 is 10.1 Å². The molecule has 2 unspecified atom stereocenters. The zero-order chi connectivity index (χ0) is 38.9. The quantitative estimate of drug-likeness (QED) is 0.122. The number of aliphatic hydroxyl groups is 1. The van der Waals surface area contributed by atoms with Gasteiger partial charge in [-0.2, -0.15) is 39.5 Å². The summed E-state index contributed by atoms with van der Waals surface area (Å²) in [5.74, 6) is -0.897. The van der Waals surface area contributed by atoms with Crippen LogP contribution in [-0.4, -0.2) is 59.2 Å². The lowest BCUT2D eigenvalue weighted by Gasteiger charge is -2.38. The minimum atomic E-state index is -6.10. The van der Waals surface area contributed by atoms with Crippen LogP contribution in [0.2, 0.25) is 0 Å². The van der Waals surface area contributed by atoms with Crippen molar-refractivity contribution >= 4 is 11.9 Å². The summed E-state index contributed by atoms with van der Waals surface area (Å²) >= 11 is 0. The van der Waals surface area contributed by atoms with Gasteiger partial charge in [-0.25, -0.2) is 4.79 Å². The molecular formula is C36H39F9N2O5. The number of halogens is 9. The standard InChI is InChI=1S/C36H39F9N2O5/c1-21(2)52-28-15-13-25(14-16-28)32(4)30(48)47(31(49)46-32)17-5-6-18-51-29-22(3)19-27(33(50,35(40,41)42)36(43,44)45)20-24(29)10-7-23-8-11-26(12-9-23)34(37,38)39/h8-9,11-16,20-22,50H,5-7,10,17-19H2,1-4H3,(H,46,49). The van der Waals surface area contributed by atoms with Crippen molar-refractivity contribution < 1.29 is 63.7 Å². The number of benzene rings is 2. The van der Waals surface area contributed by atoms with Gasteiger partial charge in [0.1, 0.15) is 17.0 Å². The molecule has 286 valence electrons. The van der Waals surface area contributed by atoms with E-state index in [1.807, 2.05) is 13.8 Å². The van der Waals surface area contributed by atoms with Crippen molar-refractivity contribution in [3.05, 3.63) is 88.2 Å². The molecule has 1 saturated heterocycles. The summed E-state index contributed by atoms with van der Waals surface area (Å²) in [6.45, 7) is 6.53. The van der Waals surface area contributed by atoms with Gasteiger partial charge in [0, 0.05) is 12.5 Å². The number of alkyl halides is 9. The maximum absolute atomic E-state index is 13.8. The molecule has 3 amide bonds. The third-order valence-electron chi connectivity index (χ3n) is 9.00. The maximum atomic E-state index is 13.8. The number of unbranched alkanes of at least 4 members (excludes halogenated alkanes) is 1. The summed E-state index contributed by atoms with van der Waals surface area (Å²) in [7, 11) is 0. The van der Waals surface area contributed by atoms with Crippen LogP contribution in [0.4, 0.5) is 44.3 Å². The number of imide groups is 1. The third-order valence-corrected chi connectivity index (χ3v) is 9.00. The molecule has 2 aliphatic rings. The Morgan fingerprint density at radius 2 is 1.50 bits per heavy atom. The Labute approximate surface area is 294 Å². The Morgan fingerprint density at radius 3 is 2.04 bits per heavy atom. The van der Waals surface area contributed by atoms with E-state index in [4.69, 9.17) is 9.47 Å². The molecule has 0 aromatic heterocycles. The van der Waals surface area contributed by atoms with Gasteiger partial charge in [0.25, 0.3) is 11.5 Å². The van der Waals surface area contributed by atoms with Crippen molar-refractivity contribution in [2.75, 3.05) is 13.2 Å². The second-order valence-corrected chi connectivity index (χ2v) is 13.3. The lowest BCUT2D eigenvalue weighted by molar-refractivity contribution is -0.353. The van der Waals surface area contributed by atoms with E-state index in [9.17, 15) is 54.2 Å². The molecule has 2 N–H and O–H groups in total. The van der Waals surface area contributed by atoms with Crippen LogP contribution in [0, 0.1) is 5.92 Å². The Bertz CT molecular complexity index is 1650.